The number of carbonyl (C=O) groups is 2. The largest absolute Gasteiger partial charge is 0.497 e. The molecule has 3 rings (SSSR count). The van der Waals surface area contributed by atoms with E-state index < -0.39 is 5.41 Å². The van der Waals surface area contributed by atoms with Crippen LogP contribution in [0.4, 0.5) is 5.69 Å². The molecule has 2 aromatic rings. The lowest BCUT2D eigenvalue weighted by Crippen LogP contribution is -2.44. The van der Waals surface area contributed by atoms with Gasteiger partial charge in [-0.3, -0.25) is 9.59 Å². The van der Waals surface area contributed by atoms with Gasteiger partial charge in [0.05, 0.1) is 7.11 Å². The number of methoxy groups -OCH3 is 1. The Morgan fingerprint density at radius 2 is 1.74 bits per heavy atom. The van der Waals surface area contributed by atoms with Gasteiger partial charge in [0.2, 0.25) is 5.91 Å². The molecule has 0 aromatic heterocycles. The third-order valence-corrected chi connectivity index (χ3v) is 5.80. The highest BCUT2D eigenvalue weighted by Crippen LogP contribution is 2.35. The third kappa shape index (κ3) is 5.64. The number of ether oxygens (including phenoxy) is 2. The number of hydrogen-bond donors (Lipinski definition) is 2. The maximum Gasteiger partial charge on any atom is 0.251 e. The Morgan fingerprint density at radius 1 is 1.06 bits per heavy atom. The molecule has 1 saturated heterocycles. The van der Waals surface area contributed by atoms with Crippen LogP contribution in [0.25, 0.3) is 0 Å². The van der Waals surface area contributed by atoms with E-state index in [9.17, 15) is 9.59 Å². The van der Waals surface area contributed by atoms with Gasteiger partial charge in [0.15, 0.2) is 0 Å². The number of anilines is 1. The molecule has 6 heteroatoms. The van der Waals surface area contributed by atoms with Crippen molar-refractivity contribution in [2.45, 2.75) is 39.0 Å². The van der Waals surface area contributed by atoms with Crippen molar-refractivity contribution in [2.75, 3.05) is 32.2 Å². The monoisotopic (exact) mass is 424 g/mol. The van der Waals surface area contributed by atoms with E-state index in [0.717, 1.165) is 18.6 Å². The van der Waals surface area contributed by atoms with Crippen molar-refractivity contribution >= 4 is 17.5 Å². The minimum Gasteiger partial charge on any atom is -0.497 e. The molecule has 2 N–H and O–H groups in total. The van der Waals surface area contributed by atoms with Crippen LogP contribution in [0.15, 0.2) is 48.5 Å². The van der Waals surface area contributed by atoms with Crippen LogP contribution in [-0.4, -0.2) is 38.7 Å². The summed E-state index contributed by atoms with van der Waals surface area (Å²) in [4.78, 5) is 25.2. The molecule has 2 aromatic carbocycles. The molecule has 1 aliphatic heterocycles. The first-order valence-corrected chi connectivity index (χ1v) is 10.7. The average molecular weight is 425 g/mol. The predicted octanol–water partition coefficient (Wildman–Crippen LogP) is 4.16. The van der Waals surface area contributed by atoms with Crippen molar-refractivity contribution in [3.05, 3.63) is 59.7 Å². The Bertz CT molecular complexity index is 910. The number of carbonyl (C=O) groups excluding carboxylic acids is 2. The van der Waals surface area contributed by atoms with Crippen molar-refractivity contribution in [1.29, 1.82) is 0 Å². The van der Waals surface area contributed by atoms with Gasteiger partial charge in [-0.15, -0.1) is 0 Å². The first-order valence-electron chi connectivity index (χ1n) is 10.7. The highest BCUT2D eigenvalue weighted by molar-refractivity contribution is 5.98. The van der Waals surface area contributed by atoms with E-state index in [0.29, 0.717) is 31.0 Å². The van der Waals surface area contributed by atoms with Crippen LogP contribution < -0.4 is 15.4 Å². The molecule has 0 unspecified atom stereocenters. The number of benzene rings is 2. The van der Waals surface area contributed by atoms with Gasteiger partial charge in [-0.25, -0.2) is 0 Å². The zero-order valence-corrected chi connectivity index (χ0v) is 18.8. The summed E-state index contributed by atoms with van der Waals surface area (Å²) in [5, 5.41) is 5.99. The molecule has 6 nitrogen and oxygen atoms in total. The fraction of sp³-hybridized carbons (Fsp3) is 0.440. The number of amides is 2. The minimum atomic E-state index is -0.508. The van der Waals surface area contributed by atoms with Crippen LogP contribution in [0, 0.1) is 5.41 Å². The van der Waals surface area contributed by atoms with E-state index in [1.807, 2.05) is 32.9 Å². The lowest BCUT2D eigenvalue weighted by atomic mass is 9.74. The zero-order chi connectivity index (χ0) is 22.5. The summed E-state index contributed by atoms with van der Waals surface area (Å²) in [6, 6.07) is 15.1. The SMILES string of the molecule is COc1ccc(C2(CNC(=O)c3cccc(NC(=O)C(C)(C)C)c3)CCOCC2)cc1. The molecule has 1 fully saturated rings. The van der Waals surface area contributed by atoms with Gasteiger partial charge in [-0.1, -0.05) is 39.0 Å². The van der Waals surface area contributed by atoms with Gasteiger partial charge in [-0.05, 0) is 48.7 Å². The molecule has 0 bridgehead atoms. The Labute approximate surface area is 184 Å². The van der Waals surface area contributed by atoms with Crippen molar-refractivity contribution in [2.24, 2.45) is 5.41 Å². The van der Waals surface area contributed by atoms with E-state index in [-0.39, 0.29) is 17.2 Å². The first-order chi connectivity index (χ1) is 14.7. The first kappa shape index (κ1) is 22.8. The van der Waals surface area contributed by atoms with Crippen molar-refractivity contribution < 1.29 is 19.1 Å². The summed E-state index contributed by atoms with van der Waals surface area (Å²) < 4.78 is 10.9. The molecule has 0 saturated carbocycles. The Morgan fingerprint density at radius 3 is 2.35 bits per heavy atom. The van der Waals surface area contributed by atoms with E-state index in [2.05, 4.69) is 22.8 Å². The number of rotatable bonds is 6. The topological polar surface area (TPSA) is 76.7 Å². The second kappa shape index (κ2) is 9.52. The van der Waals surface area contributed by atoms with E-state index in [1.54, 1.807) is 31.4 Å². The second-order valence-corrected chi connectivity index (χ2v) is 9.09. The third-order valence-electron chi connectivity index (χ3n) is 5.80. The van der Waals surface area contributed by atoms with Crippen molar-refractivity contribution in [3.63, 3.8) is 0 Å². The Balaban J connectivity index is 1.72. The minimum absolute atomic E-state index is 0.0919. The van der Waals surface area contributed by atoms with Crippen LogP contribution in [0.5, 0.6) is 5.75 Å². The average Bonchev–Trinajstić information content (AvgIpc) is 2.77. The van der Waals surface area contributed by atoms with Crippen molar-refractivity contribution in [3.8, 4) is 5.75 Å². The predicted molar refractivity (Wildman–Crippen MR) is 122 cm³/mol. The Kier molecular flexibility index (Phi) is 7.01. The highest BCUT2D eigenvalue weighted by Gasteiger charge is 2.35. The van der Waals surface area contributed by atoms with Crippen LogP contribution in [0.1, 0.15) is 49.5 Å². The highest BCUT2D eigenvalue weighted by atomic mass is 16.5. The summed E-state index contributed by atoms with van der Waals surface area (Å²) in [6.07, 6.45) is 1.67. The van der Waals surface area contributed by atoms with Gasteiger partial charge in [-0.2, -0.15) is 0 Å². The smallest absolute Gasteiger partial charge is 0.251 e. The van der Waals surface area contributed by atoms with Gasteiger partial charge in [0.25, 0.3) is 5.91 Å². The molecule has 2 amide bonds. The Hall–Kier alpha value is -2.86. The molecular weight excluding hydrogens is 392 g/mol. The molecule has 0 atom stereocenters. The van der Waals surface area contributed by atoms with Gasteiger partial charge < -0.3 is 20.1 Å². The summed E-state index contributed by atoms with van der Waals surface area (Å²) in [5.74, 6) is 0.557. The normalized spacial score (nSPS) is 15.7. The summed E-state index contributed by atoms with van der Waals surface area (Å²) in [5.41, 5.74) is 1.61. The molecule has 0 aliphatic carbocycles. The van der Waals surface area contributed by atoms with Crippen LogP contribution >= 0.6 is 0 Å². The van der Waals surface area contributed by atoms with Crippen LogP contribution in [0.3, 0.4) is 0 Å². The fourth-order valence-electron chi connectivity index (χ4n) is 3.68. The molecular formula is C25H32N2O4. The van der Waals surface area contributed by atoms with Gasteiger partial charge >= 0.3 is 0 Å². The zero-order valence-electron chi connectivity index (χ0n) is 18.8. The van der Waals surface area contributed by atoms with Gasteiger partial charge in [0, 0.05) is 41.8 Å². The molecule has 0 radical (unpaired) electrons. The quantitative estimate of drug-likeness (QED) is 0.730. The van der Waals surface area contributed by atoms with Crippen LogP contribution in [0.2, 0.25) is 0 Å². The van der Waals surface area contributed by atoms with E-state index in [1.165, 1.54) is 5.56 Å². The number of nitrogens with one attached hydrogen (secondary N) is 2. The molecule has 31 heavy (non-hydrogen) atoms. The molecule has 0 spiro atoms. The fourth-order valence-corrected chi connectivity index (χ4v) is 3.68. The molecule has 1 aliphatic rings. The second-order valence-electron chi connectivity index (χ2n) is 9.09. The summed E-state index contributed by atoms with van der Waals surface area (Å²) in [6.45, 7) is 7.40. The van der Waals surface area contributed by atoms with E-state index in [4.69, 9.17) is 9.47 Å². The molecule has 1 heterocycles. The molecule has 166 valence electrons. The maximum absolute atomic E-state index is 12.9. The van der Waals surface area contributed by atoms with Crippen molar-refractivity contribution in [1.82, 2.24) is 5.32 Å². The maximum atomic E-state index is 12.9. The van der Waals surface area contributed by atoms with Crippen LogP contribution in [-0.2, 0) is 14.9 Å². The lowest BCUT2D eigenvalue weighted by molar-refractivity contribution is -0.123. The van der Waals surface area contributed by atoms with E-state index >= 15 is 0 Å². The summed E-state index contributed by atoms with van der Waals surface area (Å²) >= 11 is 0. The number of hydrogen-bond acceptors (Lipinski definition) is 4. The standard InChI is InChI=1S/C25H32N2O4/c1-24(2,3)23(29)27-20-7-5-6-18(16-20)22(28)26-17-25(12-14-31-15-13-25)19-8-10-21(30-4)11-9-19/h5-11,16H,12-15,17H2,1-4H3,(H,26,28)(H,27,29). The van der Waals surface area contributed by atoms with Gasteiger partial charge in [0.1, 0.15) is 5.75 Å². The lowest BCUT2D eigenvalue weighted by Gasteiger charge is -2.38. The summed E-state index contributed by atoms with van der Waals surface area (Å²) in [7, 11) is 1.65.